The molecular weight excluding hydrogens is 636 g/mol. The summed E-state index contributed by atoms with van der Waals surface area (Å²) in [7, 11) is -2.32. The van der Waals surface area contributed by atoms with Gasteiger partial charge in [-0.3, -0.25) is 9.71 Å². The van der Waals surface area contributed by atoms with Crippen molar-refractivity contribution in [2.75, 3.05) is 17.4 Å². The lowest BCUT2D eigenvalue weighted by Gasteiger charge is -2.26. The van der Waals surface area contributed by atoms with E-state index in [0.29, 0.717) is 29.6 Å². The van der Waals surface area contributed by atoms with Crippen molar-refractivity contribution in [2.24, 2.45) is 18.5 Å². The molecular formula is C30H37Cl2F3N6O2S. The van der Waals surface area contributed by atoms with Crippen LogP contribution in [0.25, 0.3) is 11.0 Å². The topological polar surface area (TPSA) is 131 Å². The van der Waals surface area contributed by atoms with Crippen LogP contribution in [0.5, 0.6) is 0 Å². The predicted octanol–water partition coefficient (Wildman–Crippen LogP) is 5.78. The minimum absolute atomic E-state index is 0. The molecule has 3 aromatic carbocycles. The summed E-state index contributed by atoms with van der Waals surface area (Å²) >= 11 is 0. The molecule has 0 amide bonds. The fourth-order valence-electron chi connectivity index (χ4n) is 5.33. The number of aromatic nitrogens is 2. The first-order chi connectivity index (χ1) is 19.8. The molecule has 1 heterocycles. The molecule has 0 saturated carbocycles. The predicted molar refractivity (Wildman–Crippen MR) is 174 cm³/mol. The zero-order valence-electron chi connectivity index (χ0n) is 24.6. The molecule has 0 unspecified atom stereocenters. The van der Waals surface area contributed by atoms with Crippen LogP contribution in [0.3, 0.4) is 0 Å². The minimum Gasteiger partial charge on any atom is -0.384 e. The average molecular weight is 674 g/mol. The molecule has 0 aliphatic heterocycles. The maximum absolute atomic E-state index is 14.0. The average Bonchev–Trinajstić information content (AvgIpc) is 3.26. The minimum atomic E-state index is -4.62. The second kappa shape index (κ2) is 14.6. The van der Waals surface area contributed by atoms with E-state index in [1.54, 1.807) is 44.2 Å². The number of benzene rings is 3. The molecule has 1 aromatic heterocycles. The number of nitrogens with two attached hydrogens (primary N) is 2. The first-order valence-electron chi connectivity index (χ1n) is 13.7. The quantitative estimate of drug-likeness (QED) is 0.137. The van der Waals surface area contributed by atoms with E-state index in [4.69, 9.17) is 21.9 Å². The third-order valence-electron chi connectivity index (χ3n) is 7.44. The summed E-state index contributed by atoms with van der Waals surface area (Å²) in [5.74, 6) is 0.821. The highest BCUT2D eigenvalue weighted by Crippen LogP contribution is 2.38. The van der Waals surface area contributed by atoms with Gasteiger partial charge in [0, 0.05) is 25.6 Å². The Hall–Kier alpha value is -3.32. The molecule has 0 fully saturated rings. The van der Waals surface area contributed by atoms with Gasteiger partial charge in [0.2, 0.25) is 0 Å². The molecule has 0 atom stereocenters. The Balaban J connectivity index is 0.00000337. The number of nitrogens with zero attached hydrogens (tertiary/aromatic N) is 3. The second-order valence-electron chi connectivity index (χ2n) is 10.00. The number of alkyl halides is 3. The molecule has 44 heavy (non-hydrogen) atoms. The number of nitrogens with one attached hydrogen (secondary N) is 1. The number of nitrogen functional groups attached to an aromatic ring is 1. The summed E-state index contributed by atoms with van der Waals surface area (Å²) in [6.07, 6.45) is -3.27. The Labute approximate surface area is 268 Å². The van der Waals surface area contributed by atoms with Crippen LogP contribution >= 0.6 is 24.8 Å². The highest BCUT2D eigenvalue weighted by molar-refractivity contribution is 7.92. The van der Waals surface area contributed by atoms with Gasteiger partial charge in [-0.1, -0.05) is 31.2 Å². The van der Waals surface area contributed by atoms with E-state index in [9.17, 15) is 21.6 Å². The van der Waals surface area contributed by atoms with Crippen LogP contribution < -0.4 is 15.8 Å². The zero-order valence-corrected chi connectivity index (χ0v) is 27.1. The number of hydrogen-bond donors (Lipinski definition) is 3. The number of halogens is 5. The number of hydrogen-bond acceptors (Lipinski definition) is 5. The van der Waals surface area contributed by atoms with E-state index in [2.05, 4.69) is 0 Å². The number of amidine groups is 1. The van der Waals surface area contributed by atoms with Gasteiger partial charge >= 0.3 is 6.18 Å². The summed E-state index contributed by atoms with van der Waals surface area (Å²) < 4.78 is 72.4. The van der Waals surface area contributed by atoms with Crippen molar-refractivity contribution in [3.05, 3.63) is 88.2 Å². The van der Waals surface area contributed by atoms with Crippen LogP contribution in [0.4, 0.5) is 18.9 Å². The van der Waals surface area contributed by atoms with Gasteiger partial charge in [0.05, 0.1) is 27.2 Å². The van der Waals surface area contributed by atoms with Crippen molar-refractivity contribution in [1.29, 1.82) is 5.41 Å². The standard InChI is InChI=1S/C30H35F3N6O2S.2ClH/c1-4-22-23(16-17-34)24(30(31,32)33)12-14-27(22)42(40,41)39(5-2)21-11-13-26-25(18-21)37-28(38(26)3)15-8-19-6-9-20(10-7-19)29(35)36;;/h6-7,9-14,18H,4-5,8,15-17,34H2,1-3H3,(H3,35,36);2*1H. The van der Waals surface area contributed by atoms with E-state index in [1.165, 1.54) is 4.31 Å². The van der Waals surface area contributed by atoms with E-state index >= 15 is 0 Å². The number of imidazole rings is 1. The summed E-state index contributed by atoms with van der Waals surface area (Å²) in [5.41, 5.74) is 13.9. The van der Waals surface area contributed by atoms with Gasteiger partial charge in [-0.2, -0.15) is 13.2 Å². The normalized spacial score (nSPS) is 11.6. The summed E-state index contributed by atoms with van der Waals surface area (Å²) in [6.45, 7) is 3.35. The highest BCUT2D eigenvalue weighted by atomic mass is 35.5. The van der Waals surface area contributed by atoms with Crippen LogP contribution in [0, 0.1) is 5.41 Å². The zero-order chi connectivity index (χ0) is 30.8. The van der Waals surface area contributed by atoms with Gasteiger partial charge < -0.3 is 16.0 Å². The van der Waals surface area contributed by atoms with Crippen molar-refractivity contribution >= 4 is 57.4 Å². The van der Waals surface area contributed by atoms with Crippen molar-refractivity contribution < 1.29 is 21.6 Å². The van der Waals surface area contributed by atoms with Gasteiger partial charge in [0.1, 0.15) is 11.7 Å². The molecule has 0 aliphatic carbocycles. The van der Waals surface area contributed by atoms with E-state index in [0.717, 1.165) is 29.0 Å². The van der Waals surface area contributed by atoms with Crippen LogP contribution in [0.1, 0.15) is 47.5 Å². The summed E-state index contributed by atoms with van der Waals surface area (Å²) in [4.78, 5) is 4.61. The van der Waals surface area contributed by atoms with Crippen LogP contribution in [0.2, 0.25) is 0 Å². The summed E-state index contributed by atoms with van der Waals surface area (Å²) in [5, 5.41) is 7.54. The van der Waals surface area contributed by atoms with Gasteiger partial charge in [-0.05, 0) is 79.8 Å². The van der Waals surface area contributed by atoms with Gasteiger partial charge in [0.15, 0.2) is 0 Å². The smallest absolute Gasteiger partial charge is 0.384 e. The maximum Gasteiger partial charge on any atom is 0.416 e. The van der Waals surface area contributed by atoms with Crippen LogP contribution in [-0.2, 0) is 48.9 Å². The molecule has 0 bridgehead atoms. The van der Waals surface area contributed by atoms with Gasteiger partial charge in [0.25, 0.3) is 10.0 Å². The Kier molecular flexibility index (Phi) is 12.3. The number of rotatable bonds is 11. The lowest BCUT2D eigenvalue weighted by atomic mass is 9.96. The Morgan fingerprint density at radius 2 is 1.64 bits per heavy atom. The SMILES string of the molecule is CCc1c(S(=O)(=O)N(CC)c2ccc3c(c2)nc(CCc2ccc(C(=N)N)cc2)n3C)ccc(C(F)(F)F)c1CCN.Cl.Cl. The molecule has 0 spiro atoms. The maximum atomic E-state index is 14.0. The lowest BCUT2D eigenvalue weighted by Crippen LogP contribution is -2.32. The summed E-state index contributed by atoms with van der Waals surface area (Å²) in [6, 6.07) is 14.5. The molecule has 0 radical (unpaired) electrons. The fourth-order valence-corrected chi connectivity index (χ4v) is 7.12. The van der Waals surface area contributed by atoms with Crippen LogP contribution in [0.15, 0.2) is 59.5 Å². The molecule has 5 N–H and O–H groups in total. The number of anilines is 1. The lowest BCUT2D eigenvalue weighted by molar-refractivity contribution is -0.138. The molecule has 0 aliphatic rings. The van der Waals surface area contributed by atoms with Gasteiger partial charge in [-0.25, -0.2) is 13.4 Å². The number of sulfonamides is 1. The second-order valence-corrected chi connectivity index (χ2v) is 11.8. The van der Waals surface area contributed by atoms with E-state index in [1.807, 2.05) is 23.7 Å². The Morgan fingerprint density at radius 1 is 0.977 bits per heavy atom. The highest BCUT2D eigenvalue weighted by Gasteiger charge is 2.36. The first-order valence-corrected chi connectivity index (χ1v) is 15.1. The molecule has 14 heteroatoms. The van der Waals surface area contributed by atoms with E-state index in [-0.39, 0.29) is 72.6 Å². The molecule has 0 saturated heterocycles. The molecule has 4 aromatic rings. The first kappa shape index (κ1) is 36.9. The molecule has 4 rings (SSSR count). The molecule has 240 valence electrons. The largest absolute Gasteiger partial charge is 0.416 e. The Bertz CT molecular complexity index is 1730. The Morgan fingerprint density at radius 3 is 2.18 bits per heavy atom. The van der Waals surface area contributed by atoms with Crippen molar-refractivity contribution in [2.45, 2.75) is 50.6 Å². The van der Waals surface area contributed by atoms with Crippen molar-refractivity contribution in [3.63, 3.8) is 0 Å². The van der Waals surface area contributed by atoms with Gasteiger partial charge in [-0.15, -0.1) is 24.8 Å². The van der Waals surface area contributed by atoms with Crippen molar-refractivity contribution in [1.82, 2.24) is 9.55 Å². The molecule has 8 nitrogen and oxygen atoms in total. The fraction of sp³-hybridized carbons (Fsp3) is 0.333. The van der Waals surface area contributed by atoms with Crippen LogP contribution in [-0.4, -0.2) is 36.9 Å². The van der Waals surface area contributed by atoms with E-state index < -0.39 is 21.8 Å². The van der Waals surface area contributed by atoms with Crippen molar-refractivity contribution in [3.8, 4) is 0 Å². The number of fused-ring (bicyclic) bond motifs is 1. The number of aryl methyl sites for hydroxylation is 3. The monoisotopic (exact) mass is 672 g/mol. The third kappa shape index (κ3) is 7.31. The third-order valence-corrected chi connectivity index (χ3v) is 9.43.